The quantitative estimate of drug-likeness (QED) is 0.491. The molecule has 0 fully saturated rings. The molecule has 0 saturated heterocycles. The standard InChI is InChI=1S/C12H7ClFN3O.C6H8BNO3/c13-12-15-11(18-8-4-2-1-3-5-8)9-6-7-10(14)17(9)16-12;1-11-6-4-2-3-5(8-6)7(9)10/h1-7H;2-4,9-10H,1H3. The predicted octanol–water partition coefficient (Wildman–Crippen LogP) is 2.08. The Kier molecular flexibility index (Phi) is 6.60. The highest BCUT2D eigenvalue weighted by Crippen LogP contribution is 2.25. The highest BCUT2D eigenvalue weighted by molar-refractivity contribution is 6.57. The van der Waals surface area contributed by atoms with Gasteiger partial charge in [-0.1, -0.05) is 24.3 Å². The van der Waals surface area contributed by atoms with Crippen LogP contribution in [0.3, 0.4) is 0 Å². The van der Waals surface area contributed by atoms with Gasteiger partial charge in [-0.2, -0.15) is 13.9 Å². The van der Waals surface area contributed by atoms with Gasteiger partial charge in [0.1, 0.15) is 11.3 Å². The van der Waals surface area contributed by atoms with Crippen molar-refractivity contribution in [1.29, 1.82) is 0 Å². The Labute approximate surface area is 170 Å². The summed E-state index contributed by atoms with van der Waals surface area (Å²) in [5.41, 5.74) is 0.602. The van der Waals surface area contributed by atoms with Crippen LogP contribution in [0, 0.1) is 5.95 Å². The maximum absolute atomic E-state index is 13.4. The van der Waals surface area contributed by atoms with Crippen LogP contribution in [0.5, 0.6) is 17.5 Å². The molecule has 0 radical (unpaired) electrons. The summed E-state index contributed by atoms with van der Waals surface area (Å²) in [5.74, 6) is 0.656. The summed E-state index contributed by atoms with van der Waals surface area (Å²) in [6, 6.07) is 16.6. The van der Waals surface area contributed by atoms with Crippen molar-refractivity contribution in [2.75, 3.05) is 7.11 Å². The summed E-state index contributed by atoms with van der Waals surface area (Å²) < 4.78 is 24.8. The third-order valence-electron chi connectivity index (χ3n) is 3.58. The van der Waals surface area contributed by atoms with Gasteiger partial charge in [0.15, 0.2) is 0 Å². The predicted molar refractivity (Wildman–Crippen MR) is 105 cm³/mol. The van der Waals surface area contributed by atoms with E-state index in [1.807, 2.05) is 18.2 Å². The van der Waals surface area contributed by atoms with Crippen molar-refractivity contribution in [3.8, 4) is 17.5 Å². The minimum atomic E-state index is -1.54. The number of hydrogen-bond donors (Lipinski definition) is 2. The van der Waals surface area contributed by atoms with E-state index in [2.05, 4.69) is 15.1 Å². The number of hydrogen-bond acceptors (Lipinski definition) is 7. The lowest BCUT2D eigenvalue weighted by Gasteiger charge is -2.06. The zero-order valence-electron chi connectivity index (χ0n) is 15.1. The number of ether oxygens (including phenoxy) is 2. The van der Waals surface area contributed by atoms with Gasteiger partial charge in [-0.3, -0.25) is 0 Å². The summed E-state index contributed by atoms with van der Waals surface area (Å²) in [7, 11) is -0.0688. The molecule has 3 heterocycles. The number of aromatic nitrogens is 4. The van der Waals surface area contributed by atoms with E-state index in [9.17, 15) is 4.39 Å². The van der Waals surface area contributed by atoms with Crippen molar-refractivity contribution in [3.63, 3.8) is 0 Å². The molecule has 4 rings (SSSR count). The second kappa shape index (κ2) is 9.33. The van der Waals surface area contributed by atoms with Gasteiger partial charge in [0, 0.05) is 6.07 Å². The SMILES string of the molecule is COc1cccc(B(O)O)n1.Fc1ccc2c(Oc3ccccc3)nc(Cl)nn12. The van der Waals surface area contributed by atoms with Crippen LogP contribution in [0.2, 0.25) is 5.28 Å². The molecule has 0 aliphatic rings. The molecule has 1 aromatic carbocycles. The number of nitrogens with zero attached hydrogens (tertiary/aromatic N) is 4. The van der Waals surface area contributed by atoms with E-state index in [0.29, 0.717) is 17.1 Å². The highest BCUT2D eigenvalue weighted by Gasteiger charge is 2.13. The molecule has 29 heavy (non-hydrogen) atoms. The normalized spacial score (nSPS) is 10.2. The van der Waals surface area contributed by atoms with Gasteiger partial charge in [0.2, 0.25) is 23.0 Å². The fourth-order valence-electron chi connectivity index (χ4n) is 2.28. The van der Waals surface area contributed by atoms with Crippen LogP contribution in [-0.4, -0.2) is 43.9 Å². The second-order valence-electron chi connectivity index (χ2n) is 5.53. The molecule has 3 aromatic heterocycles. The van der Waals surface area contributed by atoms with Crippen LogP contribution < -0.4 is 15.1 Å². The van der Waals surface area contributed by atoms with E-state index >= 15 is 0 Å². The van der Waals surface area contributed by atoms with Gasteiger partial charge in [-0.25, -0.2) is 4.98 Å². The van der Waals surface area contributed by atoms with Crippen LogP contribution in [-0.2, 0) is 0 Å². The van der Waals surface area contributed by atoms with Crippen LogP contribution in [0.4, 0.5) is 4.39 Å². The van der Waals surface area contributed by atoms with Crippen molar-refractivity contribution in [1.82, 2.24) is 19.6 Å². The first-order valence-electron chi connectivity index (χ1n) is 8.28. The summed E-state index contributed by atoms with van der Waals surface area (Å²) in [5, 5.41) is 21.0. The van der Waals surface area contributed by atoms with E-state index in [1.165, 1.54) is 25.3 Å². The number of para-hydroxylation sites is 1. The number of pyridine rings is 1. The Morgan fingerprint density at radius 2 is 1.76 bits per heavy atom. The molecule has 0 saturated carbocycles. The molecule has 4 aromatic rings. The van der Waals surface area contributed by atoms with Gasteiger partial charge >= 0.3 is 7.12 Å². The first-order valence-corrected chi connectivity index (χ1v) is 8.66. The van der Waals surface area contributed by atoms with Crippen molar-refractivity contribution in [2.45, 2.75) is 0 Å². The maximum Gasteiger partial charge on any atom is 0.508 e. The number of benzene rings is 1. The Bertz CT molecular complexity index is 1100. The molecule has 0 aliphatic heterocycles. The van der Waals surface area contributed by atoms with Gasteiger partial charge < -0.3 is 19.5 Å². The molecular weight excluding hydrogens is 401 g/mol. The lowest BCUT2D eigenvalue weighted by Crippen LogP contribution is -2.32. The molecule has 11 heteroatoms. The molecule has 0 bridgehead atoms. The Morgan fingerprint density at radius 1 is 1.00 bits per heavy atom. The first-order chi connectivity index (χ1) is 14.0. The third kappa shape index (κ3) is 5.20. The van der Waals surface area contributed by atoms with Crippen molar-refractivity contribution in [3.05, 3.63) is 71.9 Å². The van der Waals surface area contributed by atoms with Gasteiger partial charge in [-0.05, 0) is 41.9 Å². The van der Waals surface area contributed by atoms with Crippen molar-refractivity contribution < 1.29 is 23.9 Å². The van der Waals surface area contributed by atoms with Crippen LogP contribution in [0.25, 0.3) is 5.52 Å². The van der Waals surface area contributed by atoms with Crippen molar-refractivity contribution >= 4 is 29.8 Å². The fourth-order valence-corrected chi connectivity index (χ4v) is 2.43. The molecular formula is C18H15BClFN4O4. The Hall–Kier alpha value is -3.21. The van der Waals surface area contributed by atoms with Crippen molar-refractivity contribution in [2.24, 2.45) is 0 Å². The molecule has 8 nitrogen and oxygen atoms in total. The summed E-state index contributed by atoms with van der Waals surface area (Å²) in [4.78, 5) is 7.72. The lowest BCUT2D eigenvalue weighted by molar-refractivity contribution is 0.395. The number of halogens is 2. The Morgan fingerprint density at radius 3 is 2.45 bits per heavy atom. The number of methoxy groups -OCH3 is 1. The monoisotopic (exact) mass is 416 g/mol. The molecule has 0 unspecified atom stereocenters. The lowest BCUT2D eigenvalue weighted by atomic mass is 9.86. The smallest absolute Gasteiger partial charge is 0.481 e. The largest absolute Gasteiger partial charge is 0.508 e. The zero-order valence-corrected chi connectivity index (χ0v) is 15.9. The number of rotatable bonds is 4. The third-order valence-corrected chi connectivity index (χ3v) is 3.74. The zero-order chi connectivity index (χ0) is 20.8. The first kappa shape index (κ1) is 20.5. The molecule has 2 N–H and O–H groups in total. The van der Waals surface area contributed by atoms with Crippen LogP contribution >= 0.6 is 11.6 Å². The molecule has 148 valence electrons. The average Bonchev–Trinajstić information content (AvgIpc) is 3.10. The minimum absolute atomic E-state index is 0.0801. The Balaban J connectivity index is 0.000000188. The maximum atomic E-state index is 13.4. The van der Waals surface area contributed by atoms with E-state index in [0.717, 1.165) is 4.52 Å². The van der Waals surface area contributed by atoms with Gasteiger partial charge in [0.05, 0.1) is 12.7 Å². The average molecular weight is 417 g/mol. The molecule has 0 atom stereocenters. The van der Waals surface area contributed by atoms with Crippen LogP contribution in [0.15, 0.2) is 60.7 Å². The van der Waals surface area contributed by atoms with E-state index < -0.39 is 13.1 Å². The van der Waals surface area contributed by atoms with Gasteiger partial charge in [-0.15, -0.1) is 5.10 Å². The van der Waals surface area contributed by atoms with E-state index in [4.69, 9.17) is 31.1 Å². The molecule has 0 amide bonds. The topological polar surface area (TPSA) is 102 Å². The van der Waals surface area contributed by atoms with E-state index in [-0.39, 0.29) is 16.8 Å². The summed E-state index contributed by atoms with van der Waals surface area (Å²) in [6.45, 7) is 0. The summed E-state index contributed by atoms with van der Waals surface area (Å²) in [6.07, 6.45) is 0. The summed E-state index contributed by atoms with van der Waals surface area (Å²) >= 11 is 5.73. The molecule has 0 aliphatic carbocycles. The fraction of sp³-hybridized carbons (Fsp3) is 0.0556. The van der Waals surface area contributed by atoms with E-state index in [1.54, 1.807) is 24.3 Å². The molecule has 0 spiro atoms. The minimum Gasteiger partial charge on any atom is -0.481 e. The van der Waals surface area contributed by atoms with Crippen LogP contribution in [0.1, 0.15) is 0 Å². The second-order valence-corrected chi connectivity index (χ2v) is 5.87. The number of fused-ring (bicyclic) bond motifs is 1. The van der Waals surface area contributed by atoms with Gasteiger partial charge in [0.25, 0.3) is 0 Å². The highest BCUT2D eigenvalue weighted by atomic mass is 35.5.